The fraction of sp³-hybridized carbons (Fsp3) is 0.0556. The Labute approximate surface area is 161 Å². The first-order valence-electron chi connectivity index (χ1n) is 7.77. The number of hydrogen-bond donors (Lipinski definition) is 2. The molecule has 0 amide bonds. The second kappa shape index (κ2) is 7.45. The molecule has 0 saturated heterocycles. The Hall–Kier alpha value is -2.42. The fourth-order valence-corrected chi connectivity index (χ4v) is 4.85. The van der Waals surface area contributed by atoms with E-state index in [9.17, 15) is 4.79 Å². The third-order valence-electron chi connectivity index (χ3n) is 3.63. The van der Waals surface area contributed by atoms with Crippen molar-refractivity contribution in [2.24, 2.45) is 10.7 Å². The summed E-state index contributed by atoms with van der Waals surface area (Å²) in [6.45, 7) is 0. The molecule has 4 aromatic rings. The highest BCUT2D eigenvalue weighted by Crippen LogP contribution is 2.33. The van der Waals surface area contributed by atoms with Crippen molar-refractivity contribution in [2.75, 3.05) is 0 Å². The van der Waals surface area contributed by atoms with Crippen LogP contribution < -0.4 is 11.3 Å². The van der Waals surface area contributed by atoms with E-state index in [0.717, 1.165) is 21.0 Å². The number of aromatic nitrogens is 2. The van der Waals surface area contributed by atoms with Crippen LogP contribution in [0.5, 0.6) is 0 Å². The number of amidine groups is 1. The number of para-hydroxylation sites is 1. The predicted molar refractivity (Wildman–Crippen MR) is 113 cm³/mol. The van der Waals surface area contributed by atoms with Crippen LogP contribution in [0, 0.1) is 0 Å². The van der Waals surface area contributed by atoms with Crippen LogP contribution in [0.15, 0.2) is 63.0 Å². The molecule has 130 valence electrons. The minimum absolute atomic E-state index is 0.117. The van der Waals surface area contributed by atoms with E-state index in [2.05, 4.69) is 15.0 Å². The van der Waals surface area contributed by atoms with Gasteiger partial charge >= 0.3 is 0 Å². The molecule has 3 aromatic heterocycles. The van der Waals surface area contributed by atoms with Crippen molar-refractivity contribution >= 4 is 55.5 Å². The molecule has 5 nitrogen and oxygen atoms in total. The first-order chi connectivity index (χ1) is 12.7. The zero-order valence-corrected chi connectivity index (χ0v) is 16.0. The van der Waals surface area contributed by atoms with E-state index in [1.54, 1.807) is 11.3 Å². The molecule has 4 rings (SSSR count). The number of nitrogens with one attached hydrogen (secondary N) is 1. The number of thioether (sulfide) groups is 1. The summed E-state index contributed by atoms with van der Waals surface area (Å²) in [5, 5.41) is 5.07. The van der Waals surface area contributed by atoms with Gasteiger partial charge in [-0.3, -0.25) is 4.79 Å². The van der Waals surface area contributed by atoms with E-state index >= 15 is 0 Å². The maximum Gasteiger partial charge on any atom is 0.260 e. The highest BCUT2D eigenvalue weighted by Gasteiger charge is 2.13. The van der Waals surface area contributed by atoms with Crippen LogP contribution in [-0.4, -0.2) is 15.1 Å². The molecular formula is C18H14N4OS3. The molecule has 0 spiro atoms. The average molecular weight is 399 g/mol. The second-order valence-corrected chi connectivity index (χ2v) is 8.20. The summed E-state index contributed by atoms with van der Waals surface area (Å²) in [6.07, 6.45) is 0. The minimum atomic E-state index is -0.117. The van der Waals surface area contributed by atoms with Crippen LogP contribution in [0.1, 0.15) is 5.82 Å². The number of nitrogens with zero attached hydrogens (tertiary/aromatic N) is 2. The van der Waals surface area contributed by atoms with Crippen molar-refractivity contribution in [1.82, 2.24) is 9.97 Å². The Morgan fingerprint density at radius 1 is 1.19 bits per heavy atom. The molecule has 0 saturated carbocycles. The number of thiophene rings is 2. The number of aromatic amines is 1. The summed E-state index contributed by atoms with van der Waals surface area (Å²) in [6, 6.07) is 13.5. The number of rotatable bonds is 4. The number of nitrogens with two attached hydrogens (primary N) is 1. The Morgan fingerprint density at radius 3 is 2.81 bits per heavy atom. The zero-order valence-electron chi connectivity index (χ0n) is 13.5. The van der Waals surface area contributed by atoms with Gasteiger partial charge in [0.1, 0.15) is 10.7 Å². The lowest BCUT2D eigenvalue weighted by Crippen LogP contribution is -2.12. The number of benzene rings is 1. The molecule has 0 unspecified atom stereocenters. The summed E-state index contributed by atoms with van der Waals surface area (Å²) in [5.74, 6) is 1.05. The van der Waals surface area contributed by atoms with Gasteiger partial charge in [-0.2, -0.15) is 0 Å². The van der Waals surface area contributed by atoms with E-state index in [1.807, 2.05) is 53.2 Å². The molecule has 1 aromatic carbocycles. The maximum absolute atomic E-state index is 12.6. The van der Waals surface area contributed by atoms with Gasteiger partial charge in [-0.15, -0.1) is 22.7 Å². The lowest BCUT2D eigenvalue weighted by Gasteiger charge is -2.02. The fourth-order valence-electron chi connectivity index (χ4n) is 2.48. The number of fused-ring (bicyclic) bond motifs is 1. The number of H-pyrrole nitrogens is 1. The zero-order chi connectivity index (χ0) is 17.9. The van der Waals surface area contributed by atoms with Gasteiger partial charge in [0.05, 0.1) is 16.8 Å². The Kier molecular flexibility index (Phi) is 4.87. The van der Waals surface area contributed by atoms with E-state index in [-0.39, 0.29) is 5.56 Å². The molecule has 26 heavy (non-hydrogen) atoms. The second-order valence-electron chi connectivity index (χ2n) is 5.39. The lowest BCUT2D eigenvalue weighted by molar-refractivity contribution is 1.05. The number of hydrogen-bond acceptors (Lipinski definition) is 6. The molecule has 0 aliphatic rings. The molecule has 0 bridgehead atoms. The third-order valence-corrected chi connectivity index (χ3v) is 6.21. The SMILES string of the molecule is NC(=Nc1ccccc1)SCc1nc2scc(-c3cccs3)c2c(=O)[nH]1. The minimum Gasteiger partial charge on any atom is -0.378 e. The van der Waals surface area contributed by atoms with Gasteiger partial charge < -0.3 is 10.7 Å². The molecular weight excluding hydrogens is 384 g/mol. The van der Waals surface area contributed by atoms with E-state index in [1.165, 1.54) is 23.1 Å². The highest BCUT2D eigenvalue weighted by molar-refractivity contribution is 8.13. The van der Waals surface area contributed by atoms with Gasteiger partial charge in [0.2, 0.25) is 0 Å². The van der Waals surface area contributed by atoms with E-state index < -0.39 is 0 Å². The molecule has 0 atom stereocenters. The van der Waals surface area contributed by atoms with Crippen molar-refractivity contribution in [1.29, 1.82) is 0 Å². The first-order valence-corrected chi connectivity index (χ1v) is 10.5. The van der Waals surface area contributed by atoms with Crippen molar-refractivity contribution < 1.29 is 0 Å². The molecule has 0 aliphatic carbocycles. The first kappa shape index (κ1) is 17.0. The Balaban J connectivity index is 1.57. The molecule has 8 heteroatoms. The smallest absolute Gasteiger partial charge is 0.260 e. The van der Waals surface area contributed by atoms with Crippen molar-refractivity contribution in [3.63, 3.8) is 0 Å². The van der Waals surface area contributed by atoms with Crippen LogP contribution >= 0.6 is 34.4 Å². The number of aliphatic imine (C=N–C) groups is 1. The summed E-state index contributed by atoms with van der Waals surface area (Å²) < 4.78 is 0. The standard InChI is InChI=1S/C18H14N4OS3/c19-18(20-11-5-2-1-3-6-11)26-10-14-21-16(23)15-12(9-25-17(15)22-14)13-7-4-8-24-13/h1-9H,10H2,(H2,19,20)(H,21,22,23). The van der Waals surface area contributed by atoms with E-state index in [0.29, 0.717) is 22.1 Å². The van der Waals surface area contributed by atoms with Gasteiger partial charge in [0, 0.05) is 15.8 Å². The van der Waals surface area contributed by atoms with Crippen LogP contribution in [0.3, 0.4) is 0 Å². The van der Waals surface area contributed by atoms with Crippen LogP contribution in [0.2, 0.25) is 0 Å². The van der Waals surface area contributed by atoms with E-state index in [4.69, 9.17) is 5.73 Å². The van der Waals surface area contributed by atoms with Crippen molar-refractivity contribution in [3.05, 3.63) is 69.4 Å². The molecule has 0 fully saturated rings. The normalized spacial score (nSPS) is 11.9. The van der Waals surface area contributed by atoms with Crippen LogP contribution in [-0.2, 0) is 5.75 Å². The van der Waals surface area contributed by atoms with Gasteiger partial charge in [-0.1, -0.05) is 36.0 Å². The van der Waals surface area contributed by atoms with Crippen molar-refractivity contribution in [3.8, 4) is 10.4 Å². The molecule has 0 aliphatic heterocycles. The van der Waals surface area contributed by atoms with Crippen LogP contribution in [0.4, 0.5) is 5.69 Å². The quantitative estimate of drug-likeness (QED) is 0.389. The summed E-state index contributed by atoms with van der Waals surface area (Å²) in [5.41, 5.74) is 7.59. The largest absolute Gasteiger partial charge is 0.378 e. The van der Waals surface area contributed by atoms with Crippen molar-refractivity contribution in [2.45, 2.75) is 5.75 Å². The van der Waals surface area contributed by atoms with Gasteiger partial charge in [-0.05, 0) is 23.6 Å². The predicted octanol–water partition coefficient (Wildman–Crippen LogP) is 4.59. The summed E-state index contributed by atoms with van der Waals surface area (Å²) in [7, 11) is 0. The monoisotopic (exact) mass is 398 g/mol. The Bertz CT molecular complexity index is 1110. The topological polar surface area (TPSA) is 84.1 Å². The van der Waals surface area contributed by atoms with Gasteiger partial charge in [0.15, 0.2) is 5.17 Å². The average Bonchev–Trinajstić information content (AvgIpc) is 3.30. The van der Waals surface area contributed by atoms with Gasteiger partial charge in [-0.25, -0.2) is 9.98 Å². The van der Waals surface area contributed by atoms with Crippen LogP contribution in [0.25, 0.3) is 20.7 Å². The lowest BCUT2D eigenvalue weighted by atomic mass is 10.2. The summed E-state index contributed by atoms with van der Waals surface area (Å²) in [4.78, 5) is 26.2. The molecule has 3 heterocycles. The summed E-state index contributed by atoms with van der Waals surface area (Å²) >= 11 is 4.44. The molecule has 3 N–H and O–H groups in total. The maximum atomic E-state index is 12.6. The van der Waals surface area contributed by atoms with Gasteiger partial charge in [0.25, 0.3) is 5.56 Å². The molecule has 0 radical (unpaired) electrons. The Morgan fingerprint density at radius 2 is 2.04 bits per heavy atom. The third kappa shape index (κ3) is 3.57. The highest BCUT2D eigenvalue weighted by atomic mass is 32.2.